The first-order valence-corrected chi connectivity index (χ1v) is 6.98. The van der Waals surface area contributed by atoms with Gasteiger partial charge in [-0.1, -0.05) is 39.0 Å². The van der Waals surface area contributed by atoms with Gasteiger partial charge >= 0.3 is 0 Å². The highest BCUT2D eigenvalue weighted by Crippen LogP contribution is 2.31. The molecule has 1 aromatic carbocycles. The molecule has 0 radical (unpaired) electrons. The molecule has 3 atom stereocenters. The summed E-state index contributed by atoms with van der Waals surface area (Å²) < 4.78 is 0. The van der Waals surface area contributed by atoms with Crippen molar-refractivity contribution in [2.45, 2.75) is 58.6 Å². The average molecular weight is 267 g/mol. The molecule has 0 fully saturated rings. The van der Waals surface area contributed by atoms with E-state index in [9.17, 15) is 15.3 Å². The Balaban J connectivity index is 3.22. The summed E-state index contributed by atoms with van der Waals surface area (Å²) in [5.74, 6) is 0. The Kier molecular flexibility index (Phi) is 6.28. The number of aliphatic hydroxyl groups excluding tert-OH is 3. The molecule has 1 aromatic rings. The first-order chi connectivity index (χ1) is 9.06. The fourth-order valence-electron chi connectivity index (χ4n) is 2.14. The smallest absolute Gasteiger partial charge is 0.128 e. The molecule has 0 saturated carbocycles. The Morgan fingerprint density at radius 3 is 1.89 bits per heavy atom. The summed E-state index contributed by atoms with van der Waals surface area (Å²) in [5.41, 5.74) is 1.44. The third-order valence-electron chi connectivity index (χ3n) is 3.33. The van der Waals surface area contributed by atoms with Crippen LogP contribution in [-0.4, -0.2) is 27.8 Å². The second-order valence-corrected chi connectivity index (χ2v) is 4.67. The SMILES string of the molecule is CCC(O)c1ccccc1N(C(O)CC)C(O)CC. The normalized spacial score (nSPS) is 15.9. The Morgan fingerprint density at radius 2 is 1.42 bits per heavy atom. The Labute approximate surface area is 115 Å². The van der Waals surface area contributed by atoms with Crippen LogP contribution in [0.3, 0.4) is 0 Å². The predicted molar refractivity (Wildman–Crippen MR) is 76.8 cm³/mol. The third kappa shape index (κ3) is 3.69. The minimum Gasteiger partial charge on any atom is -0.388 e. The Hall–Kier alpha value is -1.10. The number of benzene rings is 1. The van der Waals surface area contributed by atoms with Crippen LogP contribution in [0.4, 0.5) is 5.69 Å². The number of anilines is 1. The summed E-state index contributed by atoms with van der Waals surface area (Å²) in [6, 6.07) is 7.36. The van der Waals surface area contributed by atoms with Gasteiger partial charge in [0.1, 0.15) is 12.5 Å². The van der Waals surface area contributed by atoms with Crippen molar-refractivity contribution < 1.29 is 15.3 Å². The molecule has 0 spiro atoms. The molecule has 3 unspecified atom stereocenters. The Bertz CT molecular complexity index is 373. The first kappa shape index (κ1) is 16.0. The van der Waals surface area contributed by atoms with Crippen molar-refractivity contribution in [2.24, 2.45) is 0 Å². The standard InChI is InChI=1S/C15H25NO3/c1-4-13(17)11-9-7-8-10-12(11)16(14(18)5-2)15(19)6-3/h7-10,13-15,17-19H,4-6H2,1-3H3. The summed E-state index contributed by atoms with van der Waals surface area (Å²) in [6.45, 7) is 5.62. The molecule has 0 heterocycles. The largest absolute Gasteiger partial charge is 0.388 e. The van der Waals surface area contributed by atoms with E-state index in [1.54, 1.807) is 4.90 Å². The lowest BCUT2D eigenvalue weighted by Crippen LogP contribution is -2.43. The zero-order valence-corrected chi connectivity index (χ0v) is 12.0. The van der Waals surface area contributed by atoms with Crippen LogP contribution in [0, 0.1) is 0 Å². The molecule has 0 aliphatic rings. The highest BCUT2D eigenvalue weighted by molar-refractivity contribution is 5.55. The quantitative estimate of drug-likeness (QED) is 0.664. The average Bonchev–Trinajstić information content (AvgIpc) is 2.46. The van der Waals surface area contributed by atoms with Gasteiger partial charge in [0.05, 0.1) is 6.10 Å². The molecule has 0 aromatic heterocycles. The van der Waals surface area contributed by atoms with Crippen molar-refractivity contribution in [3.63, 3.8) is 0 Å². The van der Waals surface area contributed by atoms with Crippen molar-refractivity contribution in [1.82, 2.24) is 0 Å². The van der Waals surface area contributed by atoms with E-state index in [1.807, 2.05) is 45.0 Å². The number of aliphatic hydroxyl groups is 3. The fourth-order valence-corrected chi connectivity index (χ4v) is 2.14. The van der Waals surface area contributed by atoms with Crippen molar-refractivity contribution in [3.05, 3.63) is 29.8 Å². The van der Waals surface area contributed by atoms with E-state index in [1.165, 1.54) is 0 Å². The minimum atomic E-state index is -0.764. The van der Waals surface area contributed by atoms with Crippen molar-refractivity contribution in [2.75, 3.05) is 4.90 Å². The third-order valence-corrected chi connectivity index (χ3v) is 3.33. The van der Waals surface area contributed by atoms with Gasteiger partial charge in [0.15, 0.2) is 0 Å². The Morgan fingerprint density at radius 1 is 0.895 bits per heavy atom. The van der Waals surface area contributed by atoms with E-state index in [4.69, 9.17) is 0 Å². The lowest BCUT2D eigenvalue weighted by molar-refractivity contribution is 0.0785. The molecule has 19 heavy (non-hydrogen) atoms. The van der Waals surface area contributed by atoms with Crippen LogP contribution in [0.5, 0.6) is 0 Å². The number of hydrogen-bond donors (Lipinski definition) is 3. The van der Waals surface area contributed by atoms with Gasteiger partial charge in [0.2, 0.25) is 0 Å². The van der Waals surface area contributed by atoms with Gasteiger partial charge in [-0.15, -0.1) is 0 Å². The first-order valence-electron chi connectivity index (χ1n) is 6.98. The van der Waals surface area contributed by atoms with Gasteiger partial charge in [0, 0.05) is 11.3 Å². The molecule has 0 aliphatic carbocycles. The van der Waals surface area contributed by atoms with Crippen LogP contribution in [0.2, 0.25) is 0 Å². The molecule has 108 valence electrons. The van der Waals surface area contributed by atoms with Gasteiger partial charge < -0.3 is 20.2 Å². The van der Waals surface area contributed by atoms with E-state index < -0.39 is 18.6 Å². The second-order valence-electron chi connectivity index (χ2n) is 4.67. The topological polar surface area (TPSA) is 63.9 Å². The maximum atomic E-state index is 10.1. The highest BCUT2D eigenvalue weighted by atomic mass is 16.3. The van der Waals surface area contributed by atoms with E-state index in [2.05, 4.69) is 0 Å². The number of hydrogen-bond acceptors (Lipinski definition) is 4. The van der Waals surface area contributed by atoms with Gasteiger partial charge in [-0.3, -0.25) is 0 Å². The molecule has 0 bridgehead atoms. The second kappa shape index (κ2) is 7.48. The summed E-state index contributed by atoms with van der Waals surface area (Å²) >= 11 is 0. The van der Waals surface area contributed by atoms with Crippen LogP contribution in [0.25, 0.3) is 0 Å². The molecule has 3 N–H and O–H groups in total. The molecule has 0 amide bonds. The molecule has 4 heteroatoms. The molecular weight excluding hydrogens is 242 g/mol. The molecule has 0 aliphatic heterocycles. The summed E-state index contributed by atoms with van der Waals surface area (Å²) in [6.07, 6.45) is -0.511. The molecule has 1 rings (SSSR count). The summed E-state index contributed by atoms with van der Waals surface area (Å²) in [4.78, 5) is 1.58. The minimum absolute atomic E-state index is 0.508. The fraction of sp³-hybridized carbons (Fsp3) is 0.600. The van der Waals surface area contributed by atoms with Crippen molar-refractivity contribution >= 4 is 5.69 Å². The van der Waals surface area contributed by atoms with Crippen LogP contribution < -0.4 is 4.90 Å². The number of nitrogens with zero attached hydrogens (tertiary/aromatic N) is 1. The molecule has 4 nitrogen and oxygen atoms in total. The van der Waals surface area contributed by atoms with E-state index in [-0.39, 0.29) is 0 Å². The van der Waals surface area contributed by atoms with E-state index in [0.29, 0.717) is 24.9 Å². The van der Waals surface area contributed by atoms with Crippen molar-refractivity contribution in [3.8, 4) is 0 Å². The lowest BCUT2D eigenvalue weighted by Gasteiger charge is -2.35. The maximum absolute atomic E-state index is 10.1. The summed E-state index contributed by atoms with van der Waals surface area (Å²) in [7, 11) is 0. The highest BCUT2D eigenvalue weighted by Gasteiger charge is 2.24. The van der Waals surface area contributed by atoms with Gasteiger partial charge in [-0.25, -0.2) is 0 Å². The molecule has 0 saturated heterocycles. The molecular formula is C15H25NO3. The number of rotatable bonds is 7. The zero-order valence-electron chi connectivity index (χ0n) is 12.0. The van der Waals surface area contributed by atoms with Gasteiger partial charge in [-0.05, 0) is 25.3 Å². The summed E-state index contributed by atoms with van der Waals surface area (Å²) in [5, 5.41) is 30.3. The lowest BCUT2D eigenvalue weighted by atomic mass is 10.0. The van der Waals surface area contributed by atoms with Gasteiger partial charge in [-0.2, -0.15) is 0 Å². The predicted octanol–water partition coefficient (Wildman–Crippen LogP) is 2.39. The van der Waals surface area contributed by atoms with E-state index >= 15 is 0 Å². The zero-order chi connectivity index (χ0) is 14.4. The maximum Gasteiger partial charge on any atom is 0.128 e. The van der Waals surface area contributed by atoms with Crippen LogP contribution in [0.1, 0.15) is 51.7 Å². The van der Waals surface area contributed by atoms with Crippen LogP contribution >= 0.6 is 0 Å². The van der Waals surface area contributed by atoms with Crippen LogP contribution in [-0.2, 0) is 0 Å². The van der Waals surface area contributed by atoms with Gasteiger partial charge in [0.25, 0.3) is 0 Å². The van der Waals surface area contributed by atoms with Crippen LogP contribution in [0.15, 0.2) is 24.3 Å². The van der Waals surface area contributed by atoms with Crippen molar-refractivity contribution in [1.29, 1.82) is 0 Å². The number of para-hydroxylation sites is 1. The van der Waals surface area contributed by atoms with E-state index in [0.717, 1.165) is 5.56 Å². The monoisotopic (exact) mass is 267 g/mol.